The fourth-order valence-corrected chi connectivity index (χ4v) is 3.19. The van der Waals surface area contributed by atoms with E-state index >= 15 is 0 Å². The number of nitrogens with zero attached hydrogens (tertiary/aromatic N) is 1. The van der Waals surface area contributed by atoms with Gasteiger partial charge in [-0.25, -0.2) is 4.98 Å². The number of hydrogen-bond donors (Lipinski definition) is 2. The van der Waals surface area contributed by atoms with Gasteiger partial charge in [-0.3, -0.25) is 4.79 Å². The van der Waals surface area contributed by atoms with Crippen LogP contribution in [0.1, 0.15) is 15.9 Å². The number of thiophene rings is 1. The van der Waals surface area contributed by atoms with Crippen molar-refractivity contribution in [3.05, 3.63) is 71.1 Å². The number of carbonyl (C=O) groups excluding carboxylic acids is 1. The molecular weight excluding hydrogens is 318 g/mol. The van der Waals surface area contributed by atoms with Gasteiger partial charge in [-0.1, -0.05) is 23.8 Å². The van der Waals surface area contributed by atoms with Crippen molar-refractivity contribution >= 4 is 34.0 Å². The third-order valence-corrected chi connectivity index (χ3v) is 4.69. The molecule has 0 radical (unpaired) electrons. The van der Waals surface area contributed by atoms with Crippen molar-refractivity contribution in [3.8, 4) is 10.7 Å². The molecule has 4 aromatic rings. The first-order valence-corrected chi connectivity index (χ1v) is 8.49. The lowest BCUT2D eigenvalue weighted by Crippen LogP contribution is -2.11. The van der Waals surface area contributed by atoms with E-state index in [0.717, 1.165) is 33.0 Å². The van der Waals surface area contributed by atoms with Gasteiger partial charge in [-0.15, -0.1) is 11.3 Å². The molecule has 2 N–H and O–H groups in total. The van der Waals surface area contributed by atoms with E-state index in [9.17, 15) is 4.79 Å². The van der Waals surface area contributed by atoms with Crippen molar-refractivity contribution in [3.63, 3.8) is 0 Å². The molecule has 0 saturated carbocycles. The number of aromatic nitrogens is 2. The van der Waals surface area contributed by atoms with E-state index in [-0.39, 0.29) is 5.91 Å². The molecular formula is C19H15N3OS. The summed E-state index contributed by atoms with van der Waals surface area (Å²) >= 11 is 1.64. The topological polar surface area (TPSA) is 57.8 Å². The molecule has 118 valence electrons. The van der Waals surface area contributed by atoms with Gasteiger partial charge in [0.2, 0.25) is 0 Å². The number of amides is 1. The van der Waals surface area contributed by atoms with E-state index in [1.165, 1.54) is 0 Å². The second-order valence-corrected chi connectivity index (χ2v) is 6.56. The zero-order valence-electron chi connectivity index (χ0n) is 13.0. The predicted molar refractivity (Wildman–Crippen MR) is 98.5 cm³/mol. The molecule has 24 heavy (non-hydrogen) atoms. The highest BCUT2D eigenvalue weighted by Gasteiger charge is 2.09. The maximum Gasteiger partial charge on any atom is 0.255 e. The zero-order valence-corrected chi connectivity index (χ0v) is 13.9. The Bertz CT molecular complexity index is 1000. The van der Waals surface area contributed by atoms with Crippen LogP contribution in [-0.4, -0.2) is 15.9 Å². The number of aryl methyl sites for hydroxylation is 1. The minimum Gasteiger partial charge on any atom is -0.337 e. The number of benzene rings is 2. The Morgan fingerprint density at radius 2 is 1.96 bits per heavy atom. The van der Waals surface area contributed by atoms with Gasteiger partial charge >= 0.3 is 0 Å². The second kappa shape index (κ2) is 5.94. The van der Waals surface area contributed by atoms with Crippen LogP contribution in [0.2, 0.25) is 0 Å². The highest BCUT2D eigenvalue weighted by atomic mass is 32.1. The standard InChI is InChI=1S/C19H15N3OS/c1-12-4-6-13(7-5-12)19(23)20-14-8-9-15-16(11-14)22-18(21-15)17-3-2-10-24-17/h2-11H,1H3,(H,20,23)(H,21,22). The summed E-state index contributed by atoms with van der Waals surface area (Å²) in [6.07, 6.45) is 0. The van der Waals surface area contributed by atoms with Crippen LogP contribution in [0.4, 0.5) is 5.69 Å². The fraction of sp³-hybridized carbons (Fsp3) is 0.0526. The Kier molecular flexibility index (Phi) is 3.63. The van der Waals surface area contributed by atoms with Gasteiger partial charge in [-0.2, -0.15) is 0 Å². The summed E-state index contributed by atoms with van der Waals surface area (Å²) in [7, 11) is 0. The molecule has 2 aromatic carbocycles. The summed E-state index contributed by atoms with van der Waals surface area (Å²) in [4.78, 5) is 21.3. The van der Waals surface area contributed by atoms with E-state index in [2.05, 4.69) is 15.3 Å². The average Bonchev–Trinajstić information content (AvgIpc) is 3.24. The molecule has 0 bridgehead atoms. The summed E-state index contributed by atoms with van der Waals surface area (Å²) in [6, 6.07) is 17.2. The maximum atomic E-state index is 12.3. The van der Waals surface area contributed by atoms with Crippen LogP contribution < -0.4 is 5.32 Å². The van der Waals surface area contributed by atoms with Crippen molar-refractivity contribution in [1.82, 2.24) is 9.97 Å². The monoisotopic (exact) mass is 333 g/mol. The molecule has 2 aromatic heterocycles. The molecule has 0 fully saturated rings. The Morgan fingerprint density at radius 3 is 2.71 bits per heavy atom. The lowest BCUT2D eigenvalue weighted by molar-refractivity contribution is 0.102. The third kappa shape index (κ3) is 2.81. The number of imidazole rings is 1. The molecule has 4 rings (SSSR count). The molecule has 0 aliphatic rings. The van der Waals surface area contributed by atoms with Gasteiger partial charge in [0.1, 0.15) is 5.82 Å². The van der Waals surface area contributed by atoms with Crippen molar-refractivity contribution in [1.29, 1.82) is 0 Å². The van der Waals surface area contributed by atoms with E-state index in [1.54, 1.807) is 11.3 Å². The van der Waals surface area contributed by atoms with Crippen molar-refractivity contribution in [2.45, 2.75) is 6.92 Å². The number of carbonyl (C=O) groups is 1. The molecule has 0 unspecified atom stereocenters. The zero-order chi connectivity index (χ0) is 16.5. The molecule has 0 aliphatic heterocycles. The lowest BCUT2D eigenvalue weighted by Gasteiger charge is -2.05. The first-order chi connectivity index (χ1) is 11.7. The summed E-state index contributed by atoms with van der Waals surface area (Å²) < 4.78 is 0. The van der Waals surface area contributed by atoms with Crippen LogP contribution in [0.3, 0.4) is 0 Å². The minimum absolute atomic E-state index is 0.122. The molecule has 0 saturated heterocycles. The highest BCUT2D eigenvalue weighted by Crippen LogP contribution is 2.26. The Balaban J connectivity index is 1.60. The van der Waals surface area contributed by atoms with Crippen molar-refractivity contribution < 1.29 is 4.79 Å². The van der Waals surface area contributed by atoms with E-state index in [0.29, 0.717) is 5.56 Å². The fourth-order valence-electron chi connectivity index (χ4n) is 2.52. The van der Waals surface area contributed by atoms with Crippen LogP contribution in [0.15, 0.2) is 60.0 Å². The van der Waals surface area contributed by atoms with E-state index < -0.39 is 0 Å². The van der Waals surface area contributed by atoms with Gasteiger partial charge in [-0.05, 0) is 48.7 Å². The summed E-state index contributed by atoms with van der Waals surface area (Å²) in [5.41, 5.74) is 4.29. The molecule has 0 aliphatic carbocycles. The number of H-pyrrole nitrogens is 1. The largest absolute Gasteiger partial charge is 0.337 e. The van der Waals surface area contributed by atoms with Crippen LogP contribution in [0, 0.1) is 6.92 Å². The second-order valence-electron chi connectivity index (χ2n) is 5.61. The van der Waals surface area contributed by atoms with Crippen LogP contribution in [0.25, 0.3) is 21.7 Å². The molecule has 0 atom stereocenters. The lowest BCUT2D eigenvalue weighted by atomic mass is 10.1. The molecule has 1 amide bonds. The van der Waals surface area contributed by atoms with Gasteiger partial charge in [0.05, 0.1) is 15.9 Å². The first kappa shape index (κ1) is 14.7. The third-order valence-electron chi connectivity index (χ3n) is 3.81. The Morgan fingerprint density at radius 1 is 1.12 bits per heavy atom. The summed E-state index contributed by atoms with van der Waals surface area (Å²) in [5.74, 6) is 0.727. The molecule has 5 heteroatoms. The summed E-state index contributed by atoms with van der Waals surface area (Å²) in [6.45, 7) is 2.00. The number of rotatable bonds is 3. The number of aromatic amines is 1. The van der Waals surface area contributed by atoms with Crippen molar-refractivity contribution in [2.75, 3.05) is 5.32 Å². The smallest absolute Gasteiger partial charge is 0.255 e. The van der Waals surface area contributed by atoms with Crippen LogP contribution in [-0.2, 0) is 0 Å². The van der Waals surface area contributed by atoms with Gasteiger partial charge in [0.25, 0.3) is 5.91 Å². The Hall–Kier alpha value is -2.92. The molecule has 4 nitrogen and oxygen atoms in total. The minimum atomic E-state index is -0.122. The van der Waals surface area contributed by atoms with E-state index in [4.69, 9.17) is 0 Å². The molecule has 0 spiro atoms. The first-order valence-electron chi connectivity index (χ1n) is 7.61. The van der Waals surface area contributed by atoms with Crippen LogP contribution >= 0.6 is 11.3 Å². The van der Waals surface area contributed by atoms with Gasteiger partial charge in [0.15, 0.2) is 0 Å². The maximum absolute atomic E-state index is 12.3. The Labute approximate surface area is 143 Å². The van der Waals surface area contributed by atoms with Gasteiger partial charge in [0, 0.05) is 11.3 Å². The number of hydrogen-bond acceptors (Lipinski definition) is 3. The van der Waals surface area contributed by atoms with Crippen molar-refractivity contribution in [2.24, 2.45) is 0 Å². The number of nitrogens with one attached hydrogen (secondary N) is 2. The van der Waals surface area contributed by atoms with Crippen LogP contribution in [0.5, 0.6) is 0 Å². The highest BCUT2D eigenvalue weighted by molar-refractivity contribution is 7.13. The quantitative estimate of drug-likeness (QED) is 0.563. The summed E-state index contributed by atoms with van der Waals surface area (Å²) in [5, 5.41) is 4.95. The SMILES string of the molecule is Cc1ccc(C(=O)Nc2ccc3[nH]c(-c4cccs4)nc3c2)cc1. The van der Waals surface area contributed by atoms with Gasteiger partial charge < -0.3 is 10.3 Å². The number of anilines is 1. The average molecular weight is 333 g/mol. The predicted octanol–water partition coefficient (Wildman–Crippen LogP) is 4.85. The van der Waals surface area contributed by atoms with E-state index in [1.807, 2.05) is 66.9 Å². The normalized spacial score (nSPS) is 10.9. The molecule has 2 heterocycles. The number of fused-ring (bicyclic) bond motifs is 1.